The van der Waals surface area contributed by atoms with Gasteiger partial charge in [0.1, 0.15) is 19.8 Å². The fourth-order valence-electron chi connectivity index (χ4n) is 7.54. The van der Waals surface area contributed by atoms with Crippen molar-refractivity contribution in [2.24, 2.45) is 0 Å². The van der Waals surface area contributed by atoms with Gasteiger partial charge in [-0.25, -0.2) is 4.57 Å². The number of likely N-dealkylation sites (N-methyl/N-ethyl adjacent to an activating group) is 1. The second kappa shape index (κ2) is 54.2. The van der Waals surface area contributed by atoms with Crippen molar-refractivity contribution in [3.05, 3.63) is 122 Å². The van der Waals surface area contributed by atoms with Crippen molar-refractivity contribution in [1.29, 1.82) is 0 Å². The zero-order valence-electron chi connectivity index (χ0n) is 47.8. The number of phosphoric acid groups is 1. The predicted molar refractivity (Wildman–Crippen MR) is 316 cm³/mol. The van der Waals surface area contributed by atoms with Crippen LogP contribution in [0.25, 0.3) is 0 Å². The fraction of sp³-hybridized carbons (Fsp3) is 0.656. The first-order valence-corrected chi connectivity index (χ1v) is 30.8. The van der Waals surface area contributed by atoms with E-state index in [0.29, 0.717) is 23.9 Å². The molecule has 0 aliphatic heterocycles. The minimum absolute atomic E-state index is 0.0199. The number of ether oxygens (including phenoxy) is 2. The smallest absolute Gasteiger partial charge is 0.462 e. The van der Waals surface area contributed by atoms with E-state index in [0.717, 1.165) is 96.3 Å². The van der Waals surface area contributed by atoms with Crippen molar-refractivity contribution >= 4 is 19.8 Å². The van der Waals surface area contributed by atoms with Crippen LogP contribution in [0.15, 0.2) is 122 Å². The molecule has 0 aromatic heterocycles. The van der Waals surface area contributed by atoms with E-state index in [2.05, 4.69) is 135 Å². The number of allylic oxidation sites excluding steroid dienone is 20. The van der Waals surface area contributed by atoms with Crippen molar-refractivity contribution < 1.29 is 42.1 Å². The number of nitrogens with zero attached hydrogens (tertiary/aromatic N) is 1. The molecule has 0 aromatic carbocycles. The number of esters is 2. The molecule has 422 valence electrons. The number of quaternary nitrogens is 1. The first-order valence-electron chi connectivity index (χ1n) is 29.3. The van der Waals surface area contributed by atoms with Gasteiger partial charge in [-0.15, -0.1) is 0 Å². The van der Waals surface area contributed by atoms with Crippen molar-refractivity contribution in [2.45, 2.75) is 225 Å². The highest BCUT2D eigenvalue weighted by Gasteiger charge is 2.27. The highest BCUT2D eigenvalue weighted by molar-refractivity contribution is 7.47. The summed E-state index contributed by atoms with van der Waals surface area (Å²) in [5.41, 5.74) is 0. The lowest BCUT2D eigenvalue weighted by Gasteiger charge is -2.24. The van der Waals surface area contributed by atoms with Crippen LogP contribution in [0, 0.1) is 0 Å². The third kappa shape index (κ3) is 57.7. The molecule has 0 heterocycles. The van der Waals surface area contributed by atoms with E-state index in [9.17, 15) is 19.0 Å². The van der Waals surface area contributed by atoms with Gasteiger partial charge in [-0.1, -0.05) is 225 Å². The Morgan fingerprint density at radius 1 is 0.419 bits per heavy atom. The van der Waals surface area contributed by atoms with Crippen LogP contribution < -0.4 is 0 Å². The van der Waals surface area contributed by atoms with E-state index in [1.165, 1.54) is 83.5 Å². The Hall–Kier alpha value is -3.59. The number of unbranched alkanes of at least 4 members (excludes halogenated alkanes) is 18. The summed E-state index contributed by atoms with van der Waals surface area (Å²) in [7, 11) is 1.44. The molecule has 0 fully saturated rings. The summed E-state index contributed by atoms with van der Waals surface area (Å²) in [5.74, 6) is -0.851. The van der Waals surface area contributed by atoms with Crippen molar-refractivity contribution in [2.75, 3.05) is 47.5 Å². The zero-order valence-corrected chi connectivity index (χ0v) is 48.7. The van der Waals surface area contributed by atoms with Crippen LogP contribution in [0.4, 0.5) is 0 Å². The maximum Gasteiger partial charge on any atom is 0.472 e. The molecule has 0 spiro atoms. The Morgan fingerprint density at radius 2 is 0.730 bits per heavy atom. The van der Waals surface area contributed by atoms with Crippen LogP contribution in [-0.2, 0) is 32.7 Å². The van der Waals surface area contributed by atoms with Crippen molar-refractivity contribution in [3.8, 4) is 0 Å². The minimum Gasteiger partial charge on any atom is -0.462 e. The summed E-state index contributed by atoms with van der Waals surface area (Å²) in [4.78, 5) is 35.6. The number of carbonyl (C=O) groups excluding carboxylic acids is 2. The first kappa shape index (κ1) is 70.4. The molecule has 0 bridgehead atoms. The lowest BCUT2D eigenvalue weighted by atomic mass is 10.0. The van der Waals surface area contributed by atoms with Crippen LogP contribution in [0.1, 0.15) is 219 Å². The molecule has 0 amide bonds. The molecule has 0 aromatic rings. The molecule has 1 N–H and O–H groups in total. The lowest BCUT2D eigenvalue weighted by Crippen LogP contribution is -2.37. The van der Waals surface area contributed by atoms with Crippen LogP contribution in [0.2, 0.25) is 0 Å². The molecule has 74 heavy (non-hydrogen) atoms. The zero-order chi connectivity index (χ0) is 54.2. The van der Waals surface area contributed by atoms with E-state index in [4.69, 9.17) is 18.5 Å². The third-order valence-electron chi connectivity index (χ3n) is 12.0. The van der Waals surface area contributed by atoms with Gasteiger partial charge in [0.2, 0.25) is 0 Å². The van der Waals surface area contributed by atoms with Crippen LogP contribution >= 0.6 is 7.82 Å². The maximum absolute atomic E-state index is 12.8. The normalized spacial score (nSPS) is 14.2. The topological polar surface area (TPSA) is 108 Å². The Morgan fingerprint density at radius 3 is 1.11 bits per heavy atom. The van der Waals surface area contributed by atoms with Crippen molar-refractivity contribution in [1.82, 2.24) is 0 Å². The second-order valence-electron chi connectivity index (χ2n) is 20.3. The maximum atomic E-state index is 12.8. The molecular formula is C64H109NO8P+. The van der Waals surface area contributed by atoms with Crippen LogP contribution in [-0.4, -0.2) is 74.9 Å². The van der Waals surface area contributed by atoms with E-state index < -0.39 is 32.5 Å². The molecule has 2 atom stereocenters. The van der Waals surface area contributed by atoms with Gasteiger partial charge in [-0.3, -0.25) is 18.6 Å². The van der Waals surface area contributed by atoms with E-state index in [1.807, 2.05) is 21.1 Å². The summed E-state index contributed by atoms with van der Waals surface area (Å²) < 4.78 is 34.5. The monoisotopic (exact) mass is 1050 g/mol. The van der Waals surface area contributed by atoms with Gasteiger partial charge in [0.05, 0.1) is 27.7 Å². The molecule has 9 nitrogen and oxygen atoms in total. The largest absolute Gasteiger partial charge is 0.472 e. The quantitative estimate of drug-likeness (QED) is 0.0211. The molecule has 0 radical (unpaired) electrons. The summed E-state index contributed by atoms with van der Waals surface area (Å²) in [6.45, 7) is 4.14. The number of rotatable bonds is 52. The fourth-order valence-corrected chi connectivity index (χ4v) is 8.28. The second-order valence-corrected chi connectivity index (χ2v) is 21.7. The molecule has 0 saturated carbocycles. The van der Waals surface area contributed by atoms with Gasteiger partial charge in [-0.2, -0.15) is 0 Å². The summed E-state index contributed by atoms with van der Waals surface area (Å²) in [5, 5.41) is 0. The standard InChI is InChI=1S/C64H108NO8P/c1-6-8-10-12-14-16-18-20-22-23-24-25-26-27-28-29-30-31-32-33-34-35-36-37-38-39-40-41-43-45-47-49-51-53-55-57-64(67)73-62(61-72-74(68,69)71-59-58-65(3,4)5)60-70-63(66)56-54-52-50-48-46-44-42-21-19-17-15-13-11-9-7-2/h8-11,14-17,20-22,24-25,27-28,30-31,42,46,48,62H,6-7,12-13,18-19,23,26,29,32-41,43-45,47,49-61H2,1-5H3/p+1/b10-8-,11-9-,16-14-,17-15-,22-20-,25-24-,28-27-,31-30-,42-21-,48-46-. The third-order valence-corrected chi connectivity index (χ3v) is 13.0. The van der Waals surface area contributed by atoms with Crippen LogP contribution in [0.3, 0.4) is 0 Å². The minimum atomic E-state index is -4.40. The molecule has 10 heteroatoms. The lowest BCUT2D eigenvalue weighted by molar-refractivity contribution is -0.870. The van der Waals surface area contributed by atoms with E-state index >= 15 is 0 Å². The van der Waals surface area contributed by atoms with Gasteiger partial charge >= 0.3 is 19.8 Å². The molecule has 0 aliphatic rings. The highest BCUT2D eigenvalue weighted by Crippen LogP contribution is 2.43. The Labute approximate surface area is 454 Å². The Kier molecular flexibility index (Phi) is 51.6. The van der Waals surface area contributed by atoms with E-state index in [-0.39, 0.29) is 26.1 Å². The summed E-state index contributed by atoms with van der Waals surface area (Å²) >= 11 is 0. The average Bonchev–Trinajstić information content (AvgIpc) is 3.36. The van der Waals surface area contributed by atoms with Gasteiger partial charge in [0, 0.05) is 12.8 Å². The van der Waals surface area contributed by atoms with Gasteiger partial charge in [0.15, 0.2) is 6.10 Å². The van der Waals surface area contributed by atoms with Crippen LogP contribution in [0.5, 0.6) is 0 Å². The first-order chi connectivity index (χ1) is 36.0. The summed E-state index contributed by atoms with van der Waals surface area (Å²) in [6, 6.07) is 0. The average molecular weight is 1050 g/mol. The number of phosphoric ester groups is 1. The number of hydrogen-bond acceptors (Lipinski definition) is 7. The molecular weight excluding hydrogens is 942 g/mol. The van der Waals surface area contributed by atoms with Gasteiger partial charge < -0.3 is 18.9 Å². The molecule has 0 aliphatic carbocycles. The van der Waals surface area contributed by atoms with Gasteiger partial charge in [-0.05, 0) is 103 Å². The molecule has 0 saturated heterocycles. The van der Waals surface area contributed by atoms with E-state index in [1.54, 1.807) is 0 Å². The predicted octanol–water partition coefficient (Wildman–Crippen LogP) is 18.4. The summed E-state index contributed by atoms with van der Waals surface area (Å²) in [6.07, 6.45) is 77.2. The number of hydrogen-bond donors (Lipinski definition) is 1. The Bertz CT molecular complexity index is 1660. The molecule has 0 rings (SSSR count). The molecule has 2 unspecified atom stereocenters. The van der Waals surface area contributed by atoms with Gasteiger partial charge in [0.25, 0.3) is 0 Å². The SMILES string of the molecule is CC/C=C\C/C=C\C/C=C\C/C=C\C/C=C\C/C=C\CCCCCCCCCCCCCCCCCCC(=O)OC(COC(=O)CCCC/C=C\C/C=C\C/C=C\C/C=C\CC)COP(=O)(O)OCC[N+](C)(C)C. The number of carbonyl (C=O) groups is 2. The Balaban J connectivity index is 4.09. The van der Waals surface area contributed by atoms with Crippen molar-refractivity contribution in [3.63, 3.8) is 0 Å². The highest BCUT2D eigenvalue weighted by atomic mass is 31.2.